The first kappa shape index (κ1) is 15.7. The molecule has 0 aromatic carbocycles. The largest absolute Gasteiger partial charge is 0.465 e. The lowest BCUT2D eigenvalue weighted by Crippen LogP contribution is -2.48. The fraction of sp³-hybridized carbons (Fsp3) is 0.833. The van der Waals surface area contributed by atoms with E-state index in [1.165, 1.54) is 0 Å². The molecule has 100 valence electrons. The zero-order valence-corrected chi connectivity index (χ0v) is 11.7. The van der Waals surface area contributed by atoms with Crippen LogP contribution in [0.3, 0.4) is 0 Å². The van der Waals surface area contributed by atoms with Crippen LogP contribution in [0.15, 0.2) is 0 Å². The Kier molecular flexibility index (Phi) is 5.99. The van der Waals surface area contributed by atoms with Crippen molar-refractivity contribution >= 4 is 12.0 Å². The molecule has 0 rings (SSSR count). The molecule has 0 saturated heterocycles. The Hall–Kier alpha value is -1.26. The molecule has 0 aromatic rings. The Morgan fingerprint density at radius 2 is 1.88 bits per heavy atom. The lowest BCUT2D eigenvalue weighted by Gasteiger charge is -2.35. The van der Waals surface area contributed by atoms with Crippen molar-refractivity contribution in [2.24, 2.45) is 5.41 Å². The summed E-state index contributed by atoms with van der Waals surface area (Å²) in [6.45, 7) is 10.1. The zero-order chi connectivity index (χ0) is 13.6. The molecule has 0 aliphatic rings. The van der Waals surface area contributed by atoms with Crippen LogP contribution in [0.25, 0.3) is 0 Å². The van der Waals surface area contributed by atoms with E-state index in [0.717, 1.165) is 0 Å². The summed E-state index contributed by atoms with van der Waals surface area (Å²) in [7, 11) is 1.72. The van der Waals surface area contributed by atoms with Gasteiger partial charge in [-0.25, -0.2) is 4.79 Å². The van der Waals surface area contributed by atoms with Crippen LogP contribution in [0, 0.1) is 5.41 Å². The van der Waals surface area contributed by atoms with E-state index in [0.29, 0.717) is 6.61 Å². The maximum atomic E-state index is 11.7. The van der Waals surface area contributed by atoms with Gasteiger partial charge in [0, 0.05) is 13.1 Å². The minimum absolute atomic E-state index is 0.00395. The zero-order valence-electron chi connectivity index (χ0n) is 11.7. The number of hydrogen-bond donors (Lipinski definition) is 1. The fourth-order valence-corrected chi connectivity index (χ4v) is 1.24. The second-order valence-electron chi connectivity index (χ2n) is 5.12. The lowest BCUT2D eigenvalue weighted by molar-refractivity contribution is -0.141. The average Bonchev–Trinajstić information content (AvgIpc) is 2.23. The highest BCUT2D eigenvalue weighted by Gasteiger charge is 2.27. The maximum Gasteiger partial charge on any atom is 0.325 e. The minimum atomic E-state index is -0.419. The van der Waals surface area contributed by atoms with Crippen molar-refractivity contribution < 1.29 is 14.3 Å². The van der Waals surface area contributed by atoms with Crippen LogP contribution in [0.5, 0.6) is 0 Å². The van der Waals surface area contributed by atoms with Gasteiger partial charge < -0.3 is 15.0 Å². The van der Waals surface area contributed by atoms with Crippen molar-refractivity contribution in [2.75, 3.05) is 20.2 Å². The molecule has 1 atom stereocenters. The van der Waals surface area contributed by atoms with E-state index in [2.05, 4.69) is 26.1 Å². The normalized spacial score (nSPS) is 12.8. The second kappa shape index (κ2) is 6.47. The van der Waals surface area contributed by atoms with E-state index in [4.69, 9.17) is 4.74 Å². The van der Waals surface area contributed by atoms with Crippen molar-refractivity contribution in [3.8, 4) is 0 Å². The number of urea groups is 1. The number of hydrogen-bond acceptors (Lipinski definition) is 3. The molecule has 1 unspecified atom stereocenters. The quantitative estimate of drug-likeness (QED) is 0.765. The Morgan fingerprint density at radius 1 is 1.35 bits per heavy atom. The number of amides is 2. The number of carbonyl (C=O) groups is 2. The van der Waals surface area contributed by atoms with Crippen molar-refractivity contribution in [1.29, 1.82) is 0 Å². The molecule has 0 aliphatic heterocycles. The molecule has 0 fully saturated rings. The Labute approximate surface area is 103 Å². The number of ether oxygens (including phenoxy) is 1. The molecule has 0 saturated carbocycles. The summed E-state index contributed by atoms with van der Waals surface area (Å²) < 4.78 is 4.73. The molecule has 1 N–H and O–H groups in total. The summed E-state index contributed by atoms with van der Waals surface area (Å²) in [6, 6.07) is -0.190. The lowest BCUT2D eigenvalue weighted by atomic mass is 9.87. The molecule has 0 radical (unpaired) electrons. The van der Waals surface area contributed by atoms with Crippen molar-refractivity contribution in [3.63, 3.8) is 0 Å². The topological polar surface area (TPSA) is 58.6 Å². The molecule has 0 spiro atoms. The summed E-state index contributed by atoms with van der Waals surface area (Å²) in [6.07, 6.45) is 0. The highest BCUT2D eigenvalue weighted by molar-refractivity contribution is 5.80. The highest BCUT2D eigenvalue weighted by Crippen LogP contribution is 2.22. The Balaban J connectivity index is 4.19. The van der Waals surface area contributed by atoms with Gasteiger partial charge in [-0.3, -0.25) is 4.79 Å². The molecule has 0 bridgehead atoms. The third kappa shape index (κ3) is 5.56. The van der Waals surface area contributed by atoms with E-state index in [-0.39, 0.29) is 24.0 Å². The standard InChI is InChI=1S/C12H24N2O3/c1-7-17-10(15)8-13-11(16)14(6)9(2)12(3,4)5/h9H,7-8H2,1-6H3,(H,13,16). The summed E-state index contributed by atoms with van der Waals surface area (Å²) in [4.78, 5) is 24.4. The number of nitrogens with zero attached hydrogens (tertiary/aromatic N) is 1. The first-order valence-corrected chi connectivity index (χ1v) is 5.86. The summed E-state index contributed by atoms with van der Waals surface area (Å²) in [5, 5.41) is 2.53. The SMILES string of the molecule is CCOC(=O)CNC(=O)N(C)C(C)C(C)(C)C. The monoisotopic (exact) mass is 244 g/mol. The van der Waals surface area contributed by atoms with Gasteiger partial charge in [0.15, 0.2) is 0 Å². The summed E-state index contributed by atoms with van der Waals surface area (Å²) in [5.41, 5.74) is -0.00395. The van der Waals surface area contributed by atoms with E-state index >= 15 is 0 Å². The van der Waals surface area contributed by atoms with Crippen molar-refractivity contribution in [1.82, 2.24) is 10.2 Å². The van der Waals surface area contributed by atoms with Crippen LogP contribution in [0.1, 0.15) is 34.6 Å². The third-order valence-corrected chi connectivity index (χ3v) is 2.84. The predicted molar refractivity (Wildman–Crippen MR) is 66.7 cm³/mol. The molecule has 5 nitrogen and oxygen atoms in total. The fourth-order valence-electron chi connectivity index (χ4n) is 1.24. The molecular weight excluding hydrogens is 220 g/mol. The average molecular weight is 244 g/mol. The van der Waals surface area contributed by atoms with Gasteiger partial charge in [-0.2, -0.15) is 0 Å². The third-order valence-electron chi connectivity index (χ3n) is 2.84. The number of rotatable bonds is 4. The molecule has 2 amide bonds. The van der Waals surface area contributed by atoms with E-state index < -0.39 is 5.97 Å². The van der Waals surface area contributed by atoms with Crippen LogP contribution >= 0.6 is 0 Å². The van der Waals surface area contributed by atoms with Crippen LogP contribution in [-0.4, -0.2) is 43.1 Å². The van der Waals surface area contributed by atoms with Gasteiger partial charge in [-0.15, -0.1) is 0 Å². The molecule has 17 heavy (non-hydrogen) atoms. The highest BCUT2D eigenvalue weighted by atomic mass is 16.5. The van der Waals surface area contributed by atoms with Crippen LogP contribution in [0.2, 0.25) is 0 Å². The Morgan fingerprint density at radius 3 is 2.29 bits per heavy atom. The first-order chi connectivity index (χ1) is 7.70. The van der Waals surface area contributed by atoms with Gasteiger partial charge in [0.05, 0.1) is 6.61 Å². The smallest absolute Gasteiger partial charge is 0.325 e. The second-order valence-corrected chi connectivity index (χ2v) is 5.12. The van der Waals surface area contributed by atoms with Gasteiger partial charge in [-0.1, -0.05) is 20.8 Å². The molecule has 0 aliphatic carbocycles. The van der Waals surface area contributed by atoms with E-state index in [1.807, 2.05) is 6.92 Å². The van der Waals surface area contributed by atoms with E-state index in [9.17, 15) is 9.59 Å². The van der Waals surface area contributed by atoms with Crippen LogP contribution in [0.4, 0.5) is 4.79 Å². The summed E-state index contributed by atoms with van der Waals surface area (Å²) in [5.74, 6) is -0.419. The van der Waals surface area contributed by atoms with Crippen molar-refractivity contribution in [3.05, 3.63) is 0 Å². The number of carbonyl (C=O) groups excluding carboxylic acids is 2. The number of nitrogens with one attached hydrogen (secondary N) is 1. The Bertz CT molecular complexity index is 271. The molecule has 0 heterocycles. The first-order valence-electron chi connectivity index (χ1n) is 5.86. The predicted octanol–water partition coefficient (Wildman–Crippen LogP) is 1.63. The van der Waals surface area contributed by atoms with Crippen LogP contribution < -0.4 is 5.32 Å². The van der Waals surface area contributed by atoms with Crippen LogP contribution in [-0.2, 0) is 9.53 Å². The van der Waals surface area contributed by atoms with Gasteiger partial charge in [0.2, 0.25) is 0 Å². The number of esters is 1. The summed E-state index contributed by atoms with van der Waals surface area (Å²) >= 11 is 0. The van der Waals surface area contributed by atoms with Gasteiger partial charge >= 0.3 is 12.0 Å². The van der Waals surface area contributed by atoms with Gasteiger partial charge in [-0.05, 0) is 19.3 Å². The van der Waals surface area contributed by atoms with Gasteiger partial charge in [0.25, 0.3) is 0 Å². The molecule has 5 heteroatoms. The minimum Gasteiger partial charge on any atom is -0.465 e. The van der Waals surface area contributed by atoms with Gasteiger partial charge in [0.1, 0.15) is 6.54 Å². The van der Waals surface area contributed by atoms with Crippen molar-refractivity contribution in [2.45, 2.75) is 40.7 Å². The van der Waals surface area contributed by atoms with E-state index in [1.54, 1.807) is 18.9 Å². The molecule has 0 aromatic heterocycles. The molecular formula is C12H24N2O3. The maximum absolute atomic E-state index is 11.7.